The van der Waals surface area contributed by atoms with E-state index in [1.165, 1.54) is 0 Å². The van der Waals surface area contributed by atoms with Gasteiger partial charge < -0.3 is 9.47 Å². The molecule has 0 N–H and O–H groups in total. The third-order valence-corrected chi connectivity index (χ3v) is 3.62. The van der Waals surface area contributed by atoms with E-state index in [1.54, 1.807) is 0 Å². The van der Waals surface area contributed by atoms with E-state index in [0.29, 0.717) is 0 Å². The van der Waals surface area contributed by atoms with E-state index < -0.39 is 68.1 Å². The Hall–Kier alpha value is -1.14. The quantitative estimate of drug-likeness (QED) is 0.472. The molecule has 1 rings (SSSR count). The molecule has 0 radical (unpaired) electrons. The first kappa shape index (κ1) is 26.9. The van der Waals surface area contributed by atoms with Crippen LogP contribution in [0.3, 0.4) is 0 Å². The van der Waals surface area contributed by atoms with Gasteiger partial charge in [-0.05, 0) is 13.3 Å². The van der Waals surface area contributed by atoms with Crippen molar-refractivity contribution in [3.63, 3.8) is 0 Å². The zero-order valence-electron chi connectivity index (χ0n) is 14.1. The van der Waals surface area contributed by atoms with Crippen LogP contribution in [0.1, 0.15) is 19.8 Å². The predicted molar refractivity (Wildman–Crippen MR) is 62.5 cm³/mol. The van der Waals surface area contributed by atoms with Crippen LogP contribution < -0.4 is 0 Å². The molecule has 1 aliphatic rings. The number of alkyl halides is 14. The van der Waals surface area contributed by atoms with Crippen molar-refractivity contribution in [2.24, 2.45) is 0 Å². The fourth-order valence-corrected chi connectivity index (χ4v) is 2.58. The molecule has 0 amide bonds. The first-order valence-electron chi connectivity index (χ1n) is 7.40. The molecule has 4 unspecified atom stereocenters. The largest absolute Gasteiger partial charge is 0.525 e. The molecule has 0 bridgehead atoms. The van der Waals surface area contributed by atoms with Gasteiger partial charge in [-0.1, -0.05) is 0 Å². The predicted octanol–water partition coefficient (Wildman–Crippen LogP) is 5.43. The Balaban J connectivity index is 3.53. The van der Waals surface area contributed by atoms with E-state index in [4.69, 9.17) is 0 Å². The maximum atomic E-state index is 14.6. The van der Waals surface area contributed by atoms with E-state index in [2.05, 4.69) is 18.9 Å². The maximum absolute atomic E-state index is 14.6. The van der Waals surface area contributed by atoms with Gasteiger partial charge in [-0.3, -0.25) is 0 Å². The number of halogens is 14. The van der Waals surface area contributed by atoms with Crippen molar-refractivity contribution in [3.8, 4) is 0 Å². The fourth-order valence-electron chi connectivity index (χ4n) is 2.58. The molecule has 1 saturated heterocycles. The zero-order chi connectivity index (χ0) is 24.0. The Morgan fingerprint density at radius 2 is 1.23 bits per heavy atom. The van der Waals surface area contributed by atoms with Gasteiger partial charge in [0.2, 0.25) is 5.79 Å². The van der Waals surface area contributed by atoms with Gasteiger partial charge in [0, 0.05) is 13.0 Å². The van der Waals surface area contributed by atoms with Crippen LogP contribution in [-0.4, -0.2) is 55.3 Å². The van der Waals surface area contributed by atoms with Crippen molar-refractivity contribution in [3.05, 3.63) is 0 Å². The molecule has 0 aromatic carbocycles. The molecule has 0 aliphatic carbocycles. The van der Waals surface area contributed by atoms with Crippen molar-refractivity contribution in [1.82, 2.24) is 0 Å². The van der Waals surface area contributed by atoms with Crippen LogP contribution in [0.4, 0.5) is 61.5 Å². The van der Waals surface area contributed by atoms with Crippen LogP contribution >= 0.6 is 0 Å². The lowest BCUT2D eigenvalue weighted by atomic mass is 10.0. The Bertz CT molecular complexity index is 598. The molecule has 1 aliphatic heterocycles. The minimum absolute atomic E-state index is 0.724. The average molecular weight is 484 g/mol. The fraction of sp³-hybridized carbons (Fsp3) is 1.00. The first-order chi connectivity index (χ1) is 13.0. The van der Waals surface area contributed by atoms with Crippen molar-refractivity contribution < 1.29 is 80.4 Å². The van der Waals surface area contributed by atoms with Crippen LogP contribution in [0, 0.1) is 0 Å². The van der Waals surface area contributed by atoms with Crippen molar-refractivity contribution in [2.45, 2.75) is 68.4 Å². The van der Waals surface area contributed by atoms with Crippen LogP contribution in [0.25, 0.3) is 0 Å². The lowest BCUT2D eigenvalue weighted by Crippen LogP contribution is -2.65. The van der Waals surface area contributed by atoms with Crippen LogP contribution in [0.15, 0.2) is 0 Å². The van der Waals surface area contributed by atoms with Crippen LogP contribution in [0.2, 0.25) is 0 Å². The molecule has 4 nitrogen and oxygen atoms in total. The smallest absolute Gasteiger partial charge is 0.345 e. The van der Waals surface area contributed by atoms with Crippen LogP contribution in [-0.2, 0) is 18.9 Å². The highest BCUT2D eigenvalue weighted by Crippen LogP contribution is 2.56. The van der Waals surface area contributed by atoms with Gasteiger partial charge in [-0.15, -0.1) is 26.3 Å². The summed E-state index contributed by atoms with van der Waals surface area (Å²) < 4.78 is 193. The average Bonchev–Trinajstić information content (AvgIpc) is 2.88. The summed E-state index contributed by atoms with van der Waals surface area (Å²) in [6.45, 7) is -0.442. The molecule has 1 fully saturated rings. The summed E-state index contributed by atoms with van der Waals surface area (Å²) in [5, 5.41) is 0. The molecule has 0 saturated carbocycles. The summed E-state index contributed by atoms with van der Waals surface area (Å²) in [6.07, 6.45) is -33.6. The molecule has 0 spiro atoms. The Morgan fingerprint density at radius 3 is 1.57 bits per heavy atom. The number of rotatable bonds is 6. The van der Waals surface area contributed by atoms with Crippen molar-refractivity contribution >= 4 is 0 Å². The number of hydrogen-bond acceptors (Lipinski definition) is 4. The topological polar surface area (TPSA) is 36.9 Å². The minimum atomic E-state index is -6.71. The monoisotopic (exact) mass is 484 g/mol. The van der Waals surface area contributed by atoms with Gasteiger partial charge in [0.1, 0.15) is 6.10 Å². The lowest BCUT2D eigenvalue weighted by molar-refractivity contribution is -0.520. The second-order valence-corrected chi connectivity index (χ2v) is 5.66. The van der Waals surface area contributed by atoms with E-state index in [0.717, 1.165) is 6.92 Å². The summed E-state index contributed by atoms with van der Waals surface area (Å²) in [4.78, 5) is 0. The van der Waals surface area contributed by atoms with Gasteiger partial charge in [0.15, 0.2) is 0 Å². The van der Waals surface area contributed by atoms with Gasteiger partial charge in [-0.2, -0.15) is 35.1 Å². The van der Waals surface area contributed by atoms with Crippen molar-refractivity contribution in [2.75, 3.05) is 6.61 Å². The highest BCUT2D eigenvalue weighted by atomic mass is 19.4. The Labute approximate surface area is 157 Å². The second-order valence-electron chi connectivity index (χ2n) is 5.66. The zero-order valence-corrected chi connectivity index (χ0v) is 14.1. The standard InChI is InChI=1S/C12H10F14O4/c1-2-27-6(8(14,10(18,19)20)30-12(24,25)26)4-3-5(28-6)7(13,9(15,16)17)29-11(21,22)23/h5H,2-4H2,1H3. The molecule has 30 heavy (non-hydrogen) atoms. The number of hydrogen-bond donors (Lipinski definition) is 0. The SMILES string of the molecule is CCOC1(C(F)(OC(F)(F)F)C(F)(F)F)CCC(C(F)(OC(F)(F)F)C(F)(F)F)O1. The Morgan fingerprint density at radius 1 is 0.767 bits per heavy atom. The summed E-state index contributed by atoms with van der Waals surface area (Å²) >= 11 is 0. The molecule has 1 heterocycles. The van der Waals surface area contributed by atoms with Gasteiger partial charge in [0.05, 0.1) is 0 Å². The molecule has 4 atom stereocenters. The van der Waals surface area contributed by atoms with Crippen LogP contribution in [0.5, 0.6) is 0 Å². The normalized spacial score (nSPS) is 28.3. The summed E-state index contributed by atoms with van der Waals surface area (Å²) in [7, 11) is 0. The molecule has 0 aromatic heterocycles. The van der Waals surface area contributed by atoms with E-state index in [1.807, 2.05) is 0 Å². The molecular weight excluding hydrogens is 474 g/mol. The summed E-state index contributed by atoms with van der Waals surface area (Å²) in [6, 6.07) is 0. The third-order valence-electron chi connectivity index (χ3n) is 3.62. The van der Waals surface area contributed by atoms with Gasteiger partial charge >= 0.3 is 36.8 Å². The van der Waals surface area contributed by atoms with Gasteiger partial charge in [-0.25, -0.2) is 9.47 Å². The van der Waals surface area contributed by atoms with Gasteiger partial charge in [0.25, 0.3) is 0 Å². The highest BCUT2D eigenvalue weighted by molar-refractivity contribution is 5.03. The molecule has 0 aromatic rings. The third kappa shape index (κ3) is 5.18. The summed E-state index contributed by atoms with van der Waals surface area (Å²) in [5.74, 6) is -16.5. The molecular formula is C12H10F14O4. The highest BCUT2D eigenvalue weighted by Gasteiger charge is 2.80. The van der Waals surface area contributed by atoms with E-state index in [9.17, 15) is 61.5 Å². The van der Waals surface area contributed by atoms with Crippen molar-refractivity contribution in [1.29, 1.82) is 0 Å². The van der Waals surface area contributed by atoms with E-state index >= 15 is 0 Å². The first-order valence-corrected chi connectivity index (χ1v) is 7.40. The van der Waals surface area contributed by atoms with E-state index in [-0.39, 0.29) is 0 Å². The minimum Gasteiger partial charge on any atom is -0.345 e. The molecule has 18 heteroatoms. The summed E-state index contributed by atoms with van der Waals surface area (Å²) in [5.41, 5.74) is 0. The second kappa shape index (κ2) is 7.77. The Kier molecular flexibility index (Phi) is 6.97. The maximum Gasteiger partial charge on any atom is 0.525 e. The number of ether oxygens (including phenoxy) is 4. The molecule has 180 valence electrons. The lowest BCUT2D eigenvalue weighted by Gasteiger charge is -2.42.